The summed E-state index contributed by atoms with van der Waals surface area (Å²) in [7, 11) is 0. The number of hydrogen-bond donors (Lipinski definition) is 2. The van der Waals surface area contributed by atoms with Gasteiger partial charge in [-0.2, -0.15) is 0 Å². The van der Waals surface area contributed by atoms with Gasteiger partial charge in [0.25, 0.3) is 0 Å². The van der Waals surface area contributed by atoms with Crippen LogP contribution >= 0.6 is 0 Å². The molecule has 1 fully saturated rings. The van der Waals surface area contributed by atoms with Gasteiger partial charge in [0.2, 0.25) is 5.91 Å². The summed E-state index contributed by atoms with van der Waals surface area (Å²) in [6.07, 6.45) is 0.830. The molecule has 0 aliphatic carbocycles. The molecule has 5 heteroatoms. The van der Waals surface area contributed by atoms with Crippen LogP contribution in [0.4, 0.5) is 0 Å². The van der Waals surface area contributed by atoms with Crippen LogP contribution in [-0.4, -0.2) is 43.1 Å². The van der Waals surface area contributed by atoms with E-state index in [1.54, 1.807) is 0 Å². The first kappa shape index (κ1) is 14.8. The minimum Gasteiger partial charge on any atom is -0.492 e. The Morgan fingerprint density at radius 2 is 2.15 bits per heavy atom. The van der Waals surface area contributed by atoms with Gasteiger partial charge in [-0.15, -0.1) is 0 Å². The number of piperazine rings is 1. The normalized spacial score (nSPS) is 19.7. The minimum atomic E-state index is -0.0213. The summed E-state index contributed by atoms with van der Waals surface area (Å²) in [6.45, 7) is 5.55. The first-order chi connectivity index (χ1) is 9.74. The van der Waals surface area contributed by atoms with Crippen molar-refractivity contribution < 1.29 is 9.53 Å². The molecule has 0 saturated carbocycles. The summed E-state index contributed by atoms with van der Waals surface area (Å²) >= 11 is 0. The molecule has 1 saturated heterocycles. The molecule has 0 spiro atoms. The lowest BCUT2D eigenvalue weighted by Gasteiger charge is -2.34. The molecule has 1 aliphatic heterocycles. The van der Waals surface area contributed by atoms with E-state index < -0.39 is 0 Å². The van der Waals surface area contributed by atoms with Crippen LogP contribution in [0.1, 0.15) is 18.9 Å². The summed E-state index contributed by atoms with van der Waals surface area (Å²) in [5.41, 5.74) is 6.65. The van der Waals surface area contributed by atoms with E-state index in [4.69, 9.17) is 10.5 Å². The minimum absolute atomic E-state index is 0.0213. The van der Waals surface area contributed by atoms with Crippen molar-refractivity contribution in [1.82, 2.24) is 10.2 Å². The monoisotopic (exact) mass is 277 g/mol. The fourth-order valence-corrected chi connectivity index (χ4v) is 2.48. The van der Waals surface area contributed by atoms with Gasteiger partial charge in [-0.3, -0.25) is 9.69 Å². The van der Waals surface area contributed by atoms with Gasteiger partial charge in [0.05, 0.1) is 6.04 Å². The first-order valence-electron chi connectivity index (χ1n) is 7.18. The fourth-order valence-electron chi connectivity index (χ4n) is 2.48. The van der Waals surface area contributed by atoms with Crippen LogP contribution in [0.15, 0.2) is 24.3 Å². The molecule has 1 amide bonds. The maximum Gasteiger partial charge on any atom is 0.237 e. The van der Waals surface area contributed by atoms with E-state index in [1.807, 2.05) is 31.2 Å². The van der Waals surface area contributed by atoms with Crippen molar-refractivity contribution in [2.75, 3.05) is 26.2 Å². The van der Waals surface area contributed by atoms with Gasteiger partial charge in [0.1, 0.15) is 12.4 Å². The average molecular weight is 277 g/mol. The van der Waals surface area contributed by atoms with Crippen molar-refractivity contribution >= 4 is 5.91 Å². The van der Waals surface area contributed by atoms with E-state index in [0.717, 1.165) is 37.4 Å². The van der Waals surface area contributed by atoms with E-state index >= 15 is 0 Å². The van der Waals surface area contributed by atoms with Crippen molar-refractivity contribution in [2.45, 2.75) is 25.9 Å². The Labute approximate surface area is 120 Å². The summed E-state index contributed by atoms with van der Waals surface area (Å²) < 4.78 is 5.72. The van der Waals surface area contributed by atoms with Gasteiger partial charge in [-0.25, -0.2) is 0 Å². The second kappa shape index (κ2) is 7.26. The number of nitrogens with one attached hydrogen (secondary N) is 1. The van der Waals surface area contributed by atoms with Crippen LogP contribution in [0.5, 0.6) is 5.75 Å². The number of nitrogens with two attached hydrogens (primary N) is 1. The molecular formula is C15H23N3O2. The Balaban J connectivity index is 1.80. The van der Waals surface area contributed by atoms with Crippen LogP contribution in [0, 0.1) is 0 Å². The molecule has 1 heterocycles. The molecule has 0 aromatic heterocycles. The maximum atomic E-state index is 11.7. The quantitative estimate of drug-likeness (QED) is 0.804. The van der Waals surface area contributed by atoms with Crippen molar-refractivity contribution in [2.24, 2.45) is 5.73 Å². The zero-order valence-corrected chi connectivity index (χ0v) is 12.0. The molecule has 0 radical (unpaired) electrons. The highest BCUT2D eigenvalue weighted by Gasteiger charge is 2.27. The lowest BCUT2D eigenvalue weighted by Crippen LogP contribution is -2.55. The van der Waals surface area contributed by atoms with E-state index in [-0.39, 0.29) is 11.9 Å². The van der Waals surface area contributed by atoms with Crippen molar-refractivity contribution in [3.8, 4) is 5.75 Å². The van der Waals surface area contributed by atoms with Crippen LogP contribution in [0.25, 0.3) is 0 Å². The van der Waals surface area contributed by atoms with E-state index in [9.17, 15) is 4.79 Å². The second-order valence-corrected chi connectivity index (χ2v) is 4.95. The predicted octanol–water partition coefficient (Wildman–Crippen LogP) is 0.735. The largest absolute Gasteiger partial charge is 0.492 e. The number of nitrogens with zero attached hydrogens (tertiary/aromatic N) is 1. The number of hydrogen-bond acceptors (Lipinski definition) is 4. The Morgan fingerprint density at radius 3 is 2.80 bits per heavy atom. The number of carbonyl (C=O) groups excluding carboxylic acids is 1. The third kappa shape index (κ3) is 3.71. The Morgan fingerprint density at radius 1 is 1.40 bits per heavy atom. The van der Waals surface area contributed by atoms with E-state index in [0.29, 0.717) is 13.2 Å². The van der Waals surface area contributed by atoms with Gasteiger partial charge < -0.3 is 15.8 Å². The van der Waals surface area contributed by atoms with Gasteiger partial charge in [0, 0.05) is 26.2 Å². The number of rotatable bonds is 6. The summed E-state index contributed by atoms with van der Waals surface area (Å²) in [5, 5.41) is 2.90. The van der Waals surface area contributed by atoms with Crippen molar-refractivity contribution in [3.05, 3.63) is 29.8 Å². The number of carbonyl (C=O) groups is 1. The molecule has 110 valence electrons. The molecular weight excluding hydrogens is 254 g/mol. The molecule has 3 N–H and O–H groups in total. The SMILES string of the molecule is CCC1C(=O)NCCN1CCOc1ccc(CN)cc1. The summed E-state index contributed by atoms with van der Waals surface area (Å²) in [4.78, 5) is 13.9. The summed E-state index contributed by atoms with van der Waals surface area (Å²) in [5.74, 6) is 0.975. The first-order valence-corrected chi connectivity index (χ1v) is 7.18. The lowest BCUT2D eigenvalue weighted by atomic mass is 10.1. The molecule has 1 aromatic rings. The number of ether oxygens (including phenoxy) is 1. The zero-order chi connectivity index (χ0) is 14.4. The smallest absolute Gasteiger partial charge is 0.237 e. The predicted molar refractivity (Wildman–Crippen MR) is 78.5 cm³/mol. The molecule has 20 heavy (non-hydrogen) atoms. The van der Waals surface area contributed by atoms with Crippen molar-refractivity contribution in [3.63, 3.8) is 0 Å². The molecule has 1 aromatic carbocycles. The highest BCUT2D eigenvalue weighted by molar-refractivity contribution is 5.82. The molecule has 5 nitrogen and oxygen atoms in total. The Kier molecular flexibility index (Phi) is 5.38. The highest BCUT2D eigenvalue weighted by atomic mass is 16.5. The molecule has 1 aliphatic rings. The van der Waals surface area contributed by atoms with Gasteiger partial charge in [0.15, 0.2) is 0 Å². The highest BCUT2D eigenvalue weighted by Crippen LogP contribution is 2.13. The fraction of sp³-hybridized carbons (Fsp3) is 0.533. The maximum absolute atomic E-state index is 11.7. The van der Waals surface area contributed by atoms with Crippen LogP contribution in [0.2, 0.25) is 0 Å². The van der Waals surface area contributed by atoms with Crippen molar-refractivity contribution in [1.29, 1.82) is 0 Å². The summed E-state index contributed by atoms with van der Waals surface area (Å²) in [6, 6.07) is 7.79. The van der Waals surface area contributed by atoms with E-state index in [2.05, 4.69) is 10.2 Å². The average Bonchev–Trinajstić information content (AvgIpc) is 2.48. The van der Waals surface area contributed by atoms with Crippen LogP contribution in [0.3, 0.4) is 0 Å². The third-order valence-electron chi connectivity index (χ3n) is 3.63. The topological polar surface area (TPSA) is 67.6 Å². The second-order valence-electron chi connectivity index (χ2n) is 4.95. The molecule has 1 atom stereocenters. The zero-order valence-electron chi connectivity index (χ0n) is 12.0. The Bertz CT molecular complexity index is 433. The molecule has 0 bridgehead atoms. The lowest BCUT2D eigenvalue weighted by molar-refractivity contribution is -0.129. The van der Waals surface area contributed by atoms with Gasteiger partial charge >= 0.3 is 0 Å². The van der Waals surface area contributed by atoms with Crippen LogP contribution in [-0.2, 0) is 11.3 Å². The van der Waals surface area contributed by atoms with Crippen LogP contribution < -0.4 is 15.8 Å². The number of benzene rings is 1. The standard InChI is InChI=1S/C15H23N3O2/c1-2-14-15(19)17-7-8-18(14)9-10-20-13-5-3-12(11-16)4-6-13/h3-6,14H,2,7-11,16H2,1H3,(H,17,19). The number of amides is 1. The van der Waals surface area contributed by atoms with E-state index in [1.165, 1.54) is 0 Å². The third-order valence-corrected chi connectivity index (χ3v) is 3.63. The molecule has 1 unspecified atom stereocenters. The van der Waals surface area contributed by atoms with Gasteiger partial charge in [-0.05, 0) is 24.1 Å². The van der Waals surface area contributed by atoms with Gasteiger partial charge in [-0.1, -0.05) is 19.1 Å². The Hall–Kier alpha value is -1.59. The molecule has 2 rings (SSSR count).